The molecule has 0 aliphatic carbocycles. The van der Waals surface area contributed by atoms with Gasteiger partial charge in [0.15, 0.2) is 11.5 Å². The first-order valence-corrected chi connectivity index (χ1v) is 10.1. The topological polar surface area (TPSA) is 95.1 Å². The van der Waals surface area contributed by atoms with E-state index in [-0.39, 0.29) is 24.5 Å². The summed E-state index contributed by atoms with van der Waals surface area (Å²) >= 11 is 0. The van der Waals surface area contributed by atoms with E-state index in [1.807, 2.05) is 32.0 Å². The van der Waals surface area contributed by atoms with Gasteiger partial charge in [-0.15, -0.1) is 0 Å². The number of carbonyl (C=O) groups excluding carboxylic acids is 2. The minimum atomic E-state index is -0.676. The van der Waals surface area contributed by atoms with E-state index in [0.717, 1.165) is 25.0 Å². The van der Waals surface area contributed by atoms with Crippen LogP contribution in [-0.2, 0) is 20.8 Å². The van der Waals surface area contributed by atoms with Crippen LogP contribution in [0.15, 0.2) is 18.2 Å². The van der Waals surface area contributed by atoms with E-state index in [1.54, 1.807) is 14.0 Å². The second-order valence-electron chi connectivity index (χ2n) is 7.24. The van der Waals surface area contributed by atoms with Crippen LogP contribution in [0.25, 0.3) is 0 Å². The second-order valence-corrected chi connectivity index (χ2v) is 7.24. The molecule has 2 N–H and O–H groups in total. The molecule has 1 aromatic rings. The summed E-state index contributed by atoms with van der Waals surface area (Å²) in [5, 5.41) is 5.45. The molecular formula is C21H32N2O6. The van der Waals surface area contributed by atoms with Gasteiger partial charge in [-0.1, -0.05) is 19.9 Å². The molecule has 0 spiro atoms. The molecular weight excluding hydrogens is 376 g/mol. The maximum Gasteiger partial charge on any atom is 0.407 e. The van der Waals surface area contributed by atoms with Gasteiger partial charge in [0.05, 0.1) is 19.8 Å². The Morgan fingerprint density at radius 2 is 2.07 bits per heavy atom. The third-order valence-electron chi connectivity index (χ3n) is 4.64. The van der Waals surface area contributed by atoms with E-state index in [2.05, 4.69) is 10.6 Å². The average molecular weight is 408 g/mol. The summed E-state index contributed by atoms with van der Waals surface area (Å²) < 4.78 is 21.7. The van der Waals surface area contributed by atoms with Crippen LogP contribution in [0.3, 0.4) is 0 Å². The van der Waals surface area contributed by atoms with Gasteiger partial charge in [0, 0.05) is 13.2 Å². The van der Waals surface area contributed by atoms with Gasteiger partial charge in [-0.05, 0) is 43.4 Å². The molecule has 0 saturated carbocycles. The largest absolute Gasteiger partial charge is 0.493 e. The molecule has 1 saturated heterocycles. The monoisotopic (exact) mass is 408 g/mol. The molecule has 1 fully saturated rings. The fraction of sp³-hybridized carbons (Fsp3) is 0.619. The van der Waals surface area contributed by atoms with Crippen molar-refractivity contribution in [2.24, 2.45) is 5.92 Å². The highest BCUT2D eigenvalue weighted by molar-refractivity contribution is 5.85. The van der Waals surface area contributed by atoms with Crippen LogP contribution in [0.1, 0.15) is 39.2 Å². The summed E-state index contributed by atoms with van der Waals surface area (Å²) in [6.45, 7) is 7.26. The Hall–Kier alpha value is -2.48. The lowest BCUT2D eigenvalue weighted by Crippen LogP contribution is -2.49. The third kappa shape index (κ3) is 7.12. The van der Waals surface area contributed by atoms with Crippen LogP contribution in [-0.4, -0.2) is 51.1 Å². The Balaban J connectivity index is 1.92. The van der Waals surface area contributed by atoms with Crippen molar-refractivity contribution in [1.82, 2.24) is 10.6 Å². The number of rotatable bonds is 10. The summed E-state index contributed by atoms with van der Waals surface area (Å²) in [6, 6.07) is 4.85. The van der Waals surface area contributed by atoms with Crippen LogP contribution >= 0.6 is 0 Å². The van der Waals surface area contributed by atoms with Gasteiger partial charge in [0.2, 0.25) is 5.91 Å². The van der Waals surface area contributed by atoms with Crippen molar-refractivity contribution in [2.45, 2.75) is 52.3 Å². The summed E-state index contributed by atoms with van der Waals surface area (Å²) in [4.78, 5) is 24.2. The molecule has 1 aliphatic rings. The van der Waals surface area contributed by atoms with Crippen LogP contribution in [0.4, 0.5) is 4.79 Å². The second kappa shape index (κ2) is 11.5. The first kappa shape index (κ1) is 22.8. The predicted molar refractivity (Wildman–Crippen MR) is 108 cm³/mol. The fourth-order valence-electron chi connectivity index (χ4n) is 3.03. The van der Waals surface area contributed by atoms with Crippen molar-refractivity contribution >= 4 is 12.0 Å². The molecule has 1 aliphatic heterocycles. The minimum Gasteiger partial charge on any atom is -0.493 e. The van der Waals surface area contributed by atoms with E-state index in [1.165, 1.54) is 0 Å². The van der Waals surface area contributed by atoms with Crippen molar-refractivity contribution < 1.29 is 28.5 Å². The first-order chi connectivity index (χ1) is 13.9. The van der Waals surface area contributed by atoms with E-state index >= 15 is 0 Å². The zero-order chi connectivity index (χ0) is 21.2. The molecule has 0 radical (unpaired) electrons. The summed E-state index contributed by atoms with van der Waals surface area (Å²) in [5.41, 5.74) is 0.860. The summed E-state index contributed by atoms with van der Waals surface area (Å²) in [7, 11) is 1.58. The fourth-order valence-corrected chi connectivity index (χ4v) is 3.03. The van der Waals surface area contributed by atoms with Crippen molar-refractivity contribution in [3.63, 3.8) is 0 Å². The van der Waals surface area contributed by atoms with Crippen molar-refractivity contribution in [2.75, 3.05) is 26.9 Å². The normalized spacial score (nSPS) is 16.9. The Bertz CT molecular complexity index is 673. The number of hydrogen-bond acceptors (Lipinski definition) is 6. The Morgan fingerprint density at radius 3 is 2.69 bits per heavy atom. The molecule has 8 heteroatoms. The highest BCUT2D eigenvalue weighted by atomic mass is 16.6. The Kier molecular flexibility index (Phi) is 9.05. The highest BCUT2D eigenvalue weighted by Gasteiger charge is 2.24. The first-order valence-electron chi connectivity index (χ1n) is 10.1. The average Bonchev–Trinajstić information content (AvgIpc) is 3.22. The van der Waals surface area contributed by atoms with Crippen LogP contribution in [0.5, 0.6) is 11.5 Å². The van der Waals surface area contributed by atoms with Gasteiger partial charge in [0.25, 0.3) is 0 Å². The van der Waals surface area contributed by atoms with Gasteiger partial charge in [-0.2, -0.15) is 0 Å². The molecule has 29 heavy (non-hydrogen) atoms. The number of carbonyl (C=O) groups is 2. The van der Waals surface area contributed by atoms with Gasteiger partial charge in [-0.3, -0.25) is 4.79 Å². The predicted octanol–water partition coefficient (Wildman–Crippen LogP) is 2.64. The van der Waals surface area contributed by atoms with Gasteiger partial charge in [-0.25, -0.2) is 4.79 Å². The maximum atomic E-state index is 12.5. The van der Waals surface area contributed by atoms with Crippen LogP contribution in [0, 0.1) is 5.92 Å². The lowest BCUT2D eigenvalue weighted by molar-refractivity contribution is -0.124. The Morgan fingerprint density at radius 1 is 1.28 bits per heavy atom. The van der Waals surface area contributed by atoms with E-state index < -0.39 is 12.1 Å². The lowest BCUT2D eigenvalue weighted by Gasteiger charge is -2.21. The summed E-state index contributed by atoms with van der Waals surface area (Å²) in [6.07, 6.45) is 1.59. The summed E-state index contributed by atoms with van der Waals surface area (Å²) in [5.74, 6) is 0.884. The van der Waals surface area contributed by atoms with E-state index in [9.17, 15) is 9.59 Å². The molecule has 2 unspecified atom stereocenters. The standard InChI is InChI=1S/C21H32N2O6/c1-5-27-21(25)23-19(14(2)3)20(24)22-12-15-8-9-17(18(11-15)26-4)29-13-16-7-6-10-28-16/h8-9,11,14,16,19H,5-7,10,12-13H2,1-4H3,(H,22,24)(H,23,25). The van der Waals surface area contributed by atoms with Crippen LogP contribution < -0.4 is 20.1 Å². The zero-order valence-corrected chi connectivity index (χ0v) is 17.7. The number of hydrogen-bond donors (Lipinski definition) is 2. The number of amides is 2. The molecule has 0 aromatic heterocycles. The van der Waals surface area contributed by atoms with Gasteiger partial charge >= 0.3 is 6.09 Å². The smallest absolute Gasteiger partial charge is 0.407 e. The van der Waals surface area contributed by atoms with Crippen molar-refractivity contribution in [1.29, 1.82) is 0 Å². The molecule has 0 bridgehead atoms. The van der Waals surface area contributed by atoms with E-state index in [0.29, 0.717) is 24.7 Å². The Labute approximate surface area is 172 Å². The van der Waals surface area contributed by atoms with Crippen molar-refractivity contribution in [3.05, 3.63) is 23.8 Å². The number of alkyl carbamates (subject to hydrolysis) is 1. The molecule has 2 rings (SSSR count). The zero-order valence-electron chi connectivity index (χ0n) is 17.7. The number of nitrogens with one attached hydrogen (secondary N) is 2. The highest BCUT2D eigenvalue weighted by Crippen LogP contribution is 2.29. The lowest BCUT2D eigenvalue weighted by atomic mass is 10.0. The van der Waals surface area contributed by atoms with Crippen LogP contribution in [0.2, 0.25) is 0 Å². The quantitative estimate of drug-likeness (QED) is 0.618. The molecule has 2 amide bonds. The number of benzene rings is 1. The SMILES string of the molecule is CCOC(=O)NC(C(=O)NCc1ccc(OCC2CCCO2)c(OC)c1)C(C)C. The molecule has 2 atom stereocenters. The molecule has 8 nitrogen and oxygen atoms in total. The number of methoxy groups -OCH3 is 1. The maximum absolute atomic E-state index is 12.5. The molecule has 1 heterocycles. The third-order valence-corrected chi connectivity index (χ3v) is 4.64. The van der Waals surface area contributed by atoms with Gasteiger partial charge < -0.3 is 29.6 Å². The molecule has 1 aromatic carbocycles. The van der Waals surface area contributed by atoms with Crippen molar-refractivity contribution in [3.8, 4) is 11.5 Å². The van der Waals surface area contributed by atoms with E-state index in [4.69, 9.17) is 18.9 Å². The number of ether oxygens (including phenoxy) is 4. The molecule has 162 valence electrons. The minimum absolute atomic E-state index is 0.0810. The van der Waals surface area contributed by atoms with Gasteiger partial charge in [0.1, 0.15) is 12.6 Å².